The van der Waals surface area contributed by atoms with E-state index in [1.54, 1.807) is 0 Å². The van der Waals surface area contributed by atoms with E-state index >= 15 is 0 Å². The number of nitrogens with zero attached hydrogens (tertiary/aromatic N) is 3. The number of fused-ring (bicyclic) bond motifs is 1. The van der Waals surface area contributed by atoms with Crippen molar-refractivity contribution in [2.45, 2.75) is 31.7 Å². The highest BCUT2D eigenvalue weighted by molar-refractivity contribution is 7.00. The topological polar surface area (TPSA) is 61.6 Å². The highest BCUT2D eigenvalue weighted by Crippen LogP contribution is 2.34. The van der Waals surface area contributed by atoms with E-state index < -0.39 is 0 Å². The average molecular weight is 293 g/mol. The molecule has 0 saturated heterocycles. The molecule has 2 unspecified atom stereocenters. The molecule has 1 saturated carbocycles. The Morgan fingerprint density at radius 2 is 2.16 bits per heavy atom. The number of halogens is 1. The number of hydrogen-bond acceptors (Lipinski definition) is 5. The van der Waals surface area contributed by atoms with Crippen LogP contribution in [-0.4, -0.2) is 14.8 Å². The summed E-state index contributed by atoms with van der Waals surface area (Å²) in [5.41, 5.74) is 2.47. The van der Waals surface area contributed by atoms with Gasteiger partial charge in [-0.2, -0.15) is 14.0 Å². The van der Waals surface area contributed by atoms with E-state index in [1.807, 2.05) is 12.1 Å². The molecule has 2 aromatic rings. The number of hydrogen-bond donors (Lipinski definition) is 1. The zero-order valence-electron chi connectivity index (χ0n) is 10.3. The summed E-state index contributed by atoms with van der Waals surface area (Å²) in [4.78, 5) is 0. The second kappa shape index (κ2) is 5.32. The van der Waals surface area contributed by atoms with Gasteiger partial charge in [0.25, 0.3) is 0 Å². The zero-order chi connectivity index (χ0) is 13.2. The van der Waals surface area contributed by atoms with Gasteiger partial charge in [0.1, 0.15) is 11.0 Å². The van der Waals surface area contributed by atoms with Crippen LogP contribution in [0, 0.1) is 17.2 Å². The van der Waals surface area contributed by atoms with Gasteiger partial charge in [0, 0.05) is 6.04 Å². The third-order valence-electron chi connectivity index (χ3n) is 3.64. The van der Waals surface area contributed by atoms with Gasteiger partial charge in [0.15, 0.2) is 0 Å². The van der Waals surface area contributed by atoms with Crippen LogP contribution in [-0.2, 0) is 0 Å². The molecule has 0 aliphatic heterocycles. The lowest BCUT2D eigenvalue weighted by molar-refractivity contribution is 0.389. The fraction of sp³-hybridized carbons (Fsp3) is 0.462. The highest BCUT2D eigenvalue weighted by atomic mass is 35.5. The summed E-state index contributed by atoms with van der Waals surface area (Å²) in [5, 5.41) is 13.3. The molecule has 4 nitrogen and oxygen atoms in total. The highest BCUT2D eigenvalue weighted by Gasteiger charge is 2.26. The van der Waals surface area contributed by atoms with Crippen molar-refractivity contribution < 1.29 is 0 Å². The number of anilines is 1. The zero-order valence-corrected chi connectivity index (χ0v) is 11.8. The van der Waals surface area contributed by atoms with Crippen molar-refractivity contribution in [2.24, 2.45) is 5.92 Å². The minimum Gasteiger partial charge on any atom is -0.378 e. The van der Waals surface area contributed by atoms with Gasteiger partial charge in [-0.15, -0.1) is 0 Å². The Morgan fingerprint density at radius 3 is 3.00 bits per heavy atom. The van der Waals surface area contributed by atoms with Gasteiger partial charge in [-0.05, 0) is 25.0 Å². The van der Waals surface area contributed by atoms with Crippen molar-refractivity contribution in [2.75, 3.05) is 5.32 Å². The average Bonchev–Trinajstić information content (AvgIpc) is 2.91. The van der Waals surface area contributed by atoms with Crippen LogP contribution >= 0.6 is 23.3 Å². The molecule has 1 heterocycles. The van der Waals surface area contributed by atoms with Crippen molar-refractivity contribution in [1.29, 1.82) is 5.26 Å². The lowest BCUT2D eigenvalue weighted by Gasteiger charge is -2.28. The summed E-state index contributed by atoms with van der Waals surface area (Å²) >= 11 is 7.44. The smallest absolute Gasteiger partial charge is 0.129 e. The molecule has 3 rings (SSSR count). The van der Waals surface area contributed by atoms with Gasteiger partial charge < -0.3 is 5.32 Å². The fourth-order valence-electron chi connectivity index (χ4n) is 2.61. The van der Waals surface area contributed by atoms with Gasteiger partial charge in [0.05, 0.1) is 34.4 Å². The lowest BCUT2D eigenvalue weighted by Crippen LogP contribution is -2.31. The Hall–Kier alpha value is -1.38. The van der Waals surface area contributed by atoms with Crippen LogP contribution in [0.5, 0.6) is 0 Å². The molecule has 0 radical (unpaired) electrons. The van der Waals surface area contributed by atoms with Gasteiger partial charge in [-0.3, -0.25) is 0 Å². The maximum atomic E-state index is 9.23. The van der Waals surface area contributed by atoms with Crippen molar-refractivity contribution in [3.05, 3.63) is 17.2 Å². The first kappa shape index (κ1) is 12.6. The molecule has 98 valence electrons. The summed E-state index contributed by atoms with van der Waals surface area (Å²) in [7, 11) is 0. The Morgan fingerprint density at radius 1 is 1.32 bits per heavy atom. The van der Waals surface area contributed by atoms with E-state index in [-0.39, 0.29) is 12.0 Å². The number of benzene rings is 1. The summed E-state index contributed by atoms with van der Waals surface area (Å²) in [6, 6.07) is 6.25. The number of rotatable bonds is 2. The monoisotopic (exact) mass is 292 g/mol. The molecule has 1 aromatic carbocycles. The molecule has 0 bridgehead atoms. The number of nitriles is 1. The lowest BCUT2D eigenvalue weighted by atomic mass is 9.85. The van der Waals surface area contributed by atoms with Crippen molar-refractivity contribution in [3.8, 4) is 6.07 Å². The summed E-state index contributed by atoms with van der Waals surface area (Å²) < 4.78 is 8.52. The molecule has 1 fully saturated rings. The van der Waals surface area contributed by atoms with Crippen molar-refractivity contribution >= 4 is 40.0 Å². The Balaban J connectivity index is 1.94. The minimum atomic E-state index is 0.0478. The van der Waals surface area contributed by atoms with Gasteiger partial charge >= 0.3 is 0 Å². The predicted molar refractivity (Wildman–Crippen MR) is 77.4 cm³/mol. The Labute approximate surface area is 120 Å². The first-order chi connectivity index (χ1) is 9.29. The molecular formula is C13H13ClN4S. The van der Waals surface area contributed by atoms with Crippen LogP contribution in [0.1, 0.15) is 25.7 Å². The number of nitrogens with one attached hydrogen (secondary N) is 1. The van der Waals surface area contributed by atoms with Gasteiger partial charge in [0.2, 0.25) is 0 Å². The normalized spacial score (nSPS) is 23.2. The quantitative estimate of drug-likeness (QED) is 0.913. The van der Waals surface area contributed by atoms with Crippen LogP contribution < -0.4 is 5.32 Å². The standard InChI is InChI=1S/C13H13ClN4S/c14-9-5-6-11-13(18-19-17-11)12(9)16-10-4-2-1-3-8(10)7-15/h5-6,8,10,16H,1-4H2. The molecule has 1 aliphatic rings. The molecule has 1 aromatic heterocycles. The first-order valence-electron chi connectivity index (χ1n) is 6.36. The second-order valence-corrected chi connectivity index (χ2v) is 5.76. The van der Waals surface area contributed by atoms with Crippen molar-refractivity contribution in [3.63, 3.8) is 0 Å². The minimum absolute atomic E-state index is 0.0478. The maximum Gasteiger partial charge on any atom is 0.129 e. The van der Waals surface area contributed by atoms with Crippen LogP contribution in [0.25, 0.3) is 11.0 Å². The number of aromatic nitrogens is 2. The molecule has 19 heavy (non-hydrogen) atoms. The molecule has 0 amide bonds. The third-order valence-corrected chi connectivity index (χ3v) is 4.50. The van der Waals surface area contributed by atoms with E-state index in [4.69, 9.17) is 11.6 Å². The van der Waals surface area contributed by atoms with E-state index in [1.165, 1.54) is 11.7 Å². The van der Waals surface area contributed by atoms with Crippen LogP contribution in [0.2, 0.25) is 5.02 Å². The first-order valence-corrected chi connectivity index (χ1v) is 7.47. The van der Waals surface area contributed by atoms with Crippen LogP contribution in [0.15, 0.2) is 12.1 Å². The van der Waals surface area contributed by atoms with Crippen LogP contribution in [0.3, 0.4) is 0 Å². The molecule has 2 atom stereocenters. The van der Waals surface area contributed by atoms with Crippen molar-refractivity contribution in [1.82, 2.24) is 8.75 Å². The third kappa shape index (κ3) is 2.38. The maximum absolute atomic E-state index is 9.23. The summed E-state index contributed by atoms with van der Waals surface area (Å²) in [6.07, 6.45) is 4.24. The van der Waals surface area contributed by atoms with Crippen LogP contribution in [0.4, 0.5) is 5.69 Å². The van der Waals surface area contributed by atoms with E-state index in [9.17, 15) is 5.26 Å². The Bertz CT molecular complexity index is 633. The van der Waals surface area contributed by atoms with E-state index in [2.05, 4.69) is 20.1 Å². The largest absolute Gasteiger partial charge is 0.378 e. The summed E-state index contributed by atoms with van der Waals surface area (Å²) in [5.74, 6) is 0.0478. The Kier molecular flexibility index (Phi) is 3.54. The molecule has 1 N–H and O–H groups in total. The van der Waals surface area contributed by atoms with E-state index in [0.29, 0.717) is 5.02 Å². The molecular weight excluding hydrogens is 280 g/mol. The fourth-order valence-corrected chi connectivity index (χ4v) is 3.36. The molecule has 6 heteroatoms. The summed E-state index contributed by atoms with van der Waals surface area (Å²) in [6.45, 7) is 0. The van der Waals surface area contributed by atoms with Gasteiger partial charge in [-0.25, -0.2) is 0 Å². The van der Waals surface area contributed by atoms with Gasteiger partial charge in [-0.1, -0.05) is 24.4 Å². The predicted octanol–water partition coefficient (Wildman–Crippen LogP) is 3.84. The second-order valence-electron chi connectivity index (χ2n) is 4.83. The molecule has 1 aliphatic carbocycles. The molecule has 0 spiro atoms. The SMILES string of the molecule is N#CC1CCCCC1Nc1c(Cl)ccc2nsnc12. The van der Waals surface area contributed by atoms with E-state index in [0.717, 1.165) is 42.4 Å².